The van der Waals surface area contributed by atoms with Crippen LogP contribution < -0.4 is 4.74 Å². The maximum atomic E-state index is 13.7. The van der Waals surface area contributed by atoms with Crippen molar-refractivity contribution in [2.24, 2.45) is 5.41 Å². The molecule has 648 valence electrons. The Morgan fingerprint density at radius 3 is 0.967 bits per heavy atom. The minimum absolute atomic E-state index is 0.0625. The Kier molecular flexibility index (Phi) is 34.0. The van der Waals surface area contributed by atoms with E-state index in [1.54, 1.807) is 12.1 Å². The second kappa shape index (κ2) is 40.9. The van der Waals surface area contributed by atoms with Gasteiger partial charge >= 0.3 is 17.9 Å². The molecular weight excluding hydrogens is 1510 g/mol. The second-order valence-electron chi connectivity index (χ2n) is 40.8. The summed E-state index contributed by atoms with van der Waals surface area (Å²) in [6, 6.07) is 71.8. The first-order valence-corrected chi connectivity index (χ1v) is 42.1. The molecule has 3 nitrogen and oxygen atoms in total. The Balaban J connectivity index is 0.000000214. The van der Waals surface area contributed by atoms with Gasteiger partial charge in [0.25, 0.3) is 5.67 Å². The summed E-state index contributed by atoms with van der Waals surface area (Å²) in [4.78, 5) is 0. The summed E-state index contributed by atoms with van der Waals surface area (Å²) in [6.45, 7) is 68.7. The predicted molar refractivity (Wildman–Crippen MR) is 492 cm³/mol. The lowest BCUT2D eigenvalue weighted by Crippen LogP contribution is -2.41. The van der Waals surface area contributed by atoms with Gasteiger partial charge in [-0.2, -0.15) is 26.3 Å². The smallest absolute Gasteiger partial charge is 0.357 e. The van der Waals surface area contributed by atoms with Gasteiger partial charge in [0.2, 0.25) is 0 Å². The quantitative estimate of drug-likeness (QED) is 0.0655. The van der Waals surface area contributed by atoms with E-state index in [0.717, 1.165) is 78.7 Å². The van der Waals surface area contributed by atoms with Gasteiger partial charge in [-0.05, 0) is 171 Å². The average Bonchev–Trinajstić information content (AvgIpc) is 1.49. The molecule has 9 aromatic carbocycles. The van der Waals surface area contributed by atoms with Crippen molar-refractivity contribution >= 4 is 18.0 Å². The van der Waals surface area contributed by atoms with Crippen molar-refractivity contribution in [1.82, 2.24) is 0 Å². The average molecular weight is 1650 g/mol. The number of benzene rings is 9. The van der Waals surface area contributed by atoms with E-state index in [0.29, 0.717) is 23.5 Å². The molecule has 4 aliphatic rings. The molecule has 4 fully saturated rings. The zero-order chi connectivity index (χ0) is 90.1. The van der Waals surface area contributed by atoms with Gasteiger partial charge in [0.1, 0.15) is 18.5 Å². The van der Waals surface area contributed by atoms with Crippen molar-refractivity contribution in [2.75, 3.05) is 19.8 Å². The summed E-state index contributed by atoms with van der Waals surface area (Å²) in [5.41, 5.74) is 16.1. The number of halogens is 8. The highest BCUT2D eigenvalue weighted by atomic mass is 19.3. The number of hydrogen-bond acceptors (Lipinski definition) is 3. The van der Waals surface area contributed by atoms with Crippen LogP contribution in [0.4, 0.5) is 35.1 Å². The predicted octanol–water partition coefficient (Wildman–Crippen LogP) is 32.0. The molecule has 2 aliphatic carbocycles. The molecule has 2 saturated carbocycles. The van der Waals surface area contributed by atoms with Crippen LogP contribution in [0.5, 0.6) is 5.75 Å². The van der Waals surface area contributed by atoms with Crippen LogP contribution in [0.2, 0.25) is 0 Å². The molecule has 1 unspecified atom stereocenters. The highest BCUT2D eigenvalue weighted by Gasteiger charge is 2.99. The Bertz CT molecular complexity index is 4590. The largest absolute Gasteiger partial charge is 0.489 e. The molecule has 1 atom stereocenters. The first-order chi connectivity index (χ1) is 55.4. The van der Waals surface area contributed by atoms with Crippen molar-refractivity contribution < 1.29 is 49.3 Å². The number of epoxide rings is 1. The van der Waals surface area contributed by atoms with Crippen LogP contribution in [-0.2, 0) is 77.9 Å². The molecule has 0 bridgehead atoms. The third-order valence-corrected chi connectivity index (χ3v) is 21.7. The molecule has 0 N–H and O–H groups in total. The fourth-order valence-corrected chi connectivity index (χ4v) is 12.8. The van der Waals surface area contributed by atoms with E-state index < -0.39 is 35.0 Å². The summed E-state index contributed by atoms with van der Waals surface area (Å²) in [5.74, 6) is -8.90. The summed E-state index contributed by atoms with van der Waals surface area (Å²) in [6.07, 6.45) is 8.65. The third kappa shape index (κ3) is 29.7. The SMILES string of the molecule is C=CCc1ccc(C(C)(C)C)cc1.C=Cc1ccc(C(C)(C)C)cc1.C=Cc1ccc(COc2ccc(C(C)(C)C)cc2)cc1.CC(C)(C)c1ccc(C(F)=C(F)F)cc1.CC(C)(C)c1ccc(C2(F)C(F)(F)C2(F)F)cc1.CC(C)(C)c1ccc(C2CC2)cc1.CC(C)(C)c1ccc(C2CO2)cc1.CC1(Cc2ccc(C(C)(C)C)cc2)COC1. The number of alkyl halides is 5. The summed E-state index contributed by atoms with van der Waals surface area (Å²) >= 11 is 0. The van der Waals surface area contributed by atoms with Crippen LogP contribution >= 0.6 is 0 Å². The van der Waals surface area contributed by atoms with Crippen LogP contribution in [0.25, 0.3) is 18.0 Å². The fourth-order valence-electron chi connectivity index (χ4n) is 12.8. The van der Waals surface area contributed by atoms with Gasteiger partial charge < -0.3 is 14.2 Å². The van der Waals surface area contributed by atoms with Crippen LogP contribution in [0.1, 0.15) is 293 Å². The van der Waals surface area contributed by atoms with Gasteiger partial charge in [-0.25, -0.2) is 8.78 Å². The summed E-state index contributed by atoms with van der Waals surface area (Å²) in [5, 5.41) is 0. The van der Waals surface area contributed by atoms with Crippen LogP contribution in [0, 0.1) is 5.41 Å². The van der Waals surface area contributed by atoms with Gasteiger partial charge in [0.15, 0.2) is 5.83 Å². The number of ether oxygens (including phenoxy) is 3. The number of allylic oxidation sites excluding steroid dienone is 1. The third-order valence-electron chi connectivity index (χ3n) is 21.7. The van der Waals surface area contributed by atoms with Gasteiger partial charge in [-0.3, -0.25) is 0 Å². The lowest BCUT2D eigenvalue weighted by molar-refractivity contribution is -0.100. The van der Waals surface area contributed by atoms with Crippen molar-refractivity contribution in [3.05, 3.63) is 345 Å². The second-order valence-corrected chi connectivity index (χ2v) is 40.8. The molecule has 2 heterocycles. The lowest BCUT2D eigenvalue weighted by Gasteiger charge is -2.38. The Morgan fingerprint density at radius 1 is 0.383 bits per heavy atom. The monoisotopic (exact) mass is 1650 g/mol. The van der Waals surface area contributed by atoms with E-state index in [4.69, 9.17) is 14.2 Å². The maximum absolute atomic E-state index is 13.7. The number of rotatable bonds is 13. The van der Waals surface area contributed by atoms with Crippen molar-refractivity contribution in [3.63, 3.8) is 0 Å². The van der Waals surface area contributed by atoms with Crippen LogP contribution in [0.15, 0.2) is 250 Å². The van der Waals surface area contributed by atoms with E-state index >= 15 is 0 Å². The van der Waals surface area contributed by atoms with Gasteiger partial charge in [-0.15, -0.1) is 6.58 Å². The minimum atomic E-state index is -4.62. The first-order valence-electron chi connectivity index (χ1n) is 42.1. The fraction of sp³-hybridized carbons (Fsp3) is 0.431. The van der Waals surface area contributed by atoms with E-state index in [9.17, 15) is 35.1 Å². The minimum Gasteiger partial charge on any atom is -0.489 e. The van der Waals surface area contributed by atoms with Crippen molar-refractivity contribution in [2.45, 2.75) is 278 Å². The molecular formula is C109H138F8O3. The van der Waals surface area contributed by atoms with Gasteiger partial charge in [0, 0.05) is 16.5 Å². The van der Waals surface area contributed by atoms with Crippen LogP contribution in [-0.4, -0.2) is 31.7 Å². The Hall–Kier alpha value is -8.90. The van der Waals surface area contributed by atoms with Crippen molar-refractivity contribution in [3.8, 4) is 5.75 Å². The summed E-state index contributed by atoms with van der Waals surface area (Å²) in [7, 11) is 0. The normalized spacial score (nSPS) is 16.0. The van der Waals surface area contributed by atoms with Crippen molar-refractivity contribution in [1.29, 1.82) is 0 Å². The molecule has 11 heteroatoms. The Labute approximate surface area is 717 Å². The topological polar surface area (TPSA) is 31.0 Å². The van der Waals surface area contributed by atoms with E-state index in [1.165, 1.54) is 98.3 Å². The zero-order valence-electron chi connectivity index (χ0n) is 76.7. The highest BCUT2D eigenvalue weighted by Crippen LogP contribution is 2.73. The Morgan fingerprint density at radius 2 is 0.675 bits per heavy atom. The first kappa shape index (κ1) is 99.9. The molecule has 0 spiro atoms. The van der Waals surface area contributed by atoms with E-state index in [1.807, 2.05) is 84.0 Å². The van der Waals surface area contributed by atoms with Gasteiger partial charge in [0.05, 0.1) is 19.8 Å². The highest BCUT2D eigenvalue weighted by molar-refractivity contribution is 5.60. The molecule has 0 aromatic heterocycles. The molecule has 9 aromatic rings. The molecule has 0 radical (unpaired) electrons. The number of hydrogen-bond donors (Lipinski definition) is 0. The van der Waals surface area contributed by atoms with E-state index in [-0.39, 0.29) is 43.5 Å². The molecule has 0 amide bonds. The zero-order valence-corrected chi connectivity index (χ0v) is 76.7. The molecule has 120 heavy (non-hydrogen) atoms. The molecule has 13 rings (SSSR count). The van der Waals surface area contributed by atoms with Gasteiger partial charge in [-0.1, -0.05) is 411 Å². The molecule has 2 saturated heterocycles. The molecule has 2 aliphatic heterocycles. The maximum Gasteiger partial charge on any atom is 0.357 e. The standard InChI is InChI=1S/C19H22O.C15H22O.C13H13F5.2C13H18.C12H13F3.C12H16O.C12H16/c1-5-15-6-8-16(9-7-15)14-20-18-12-10-17(11-13-18)19(2,3)4;1-14(2,3)13-7-5-12(6-8-13)9-15(4)10-16-11-15;1-10(2,3)8-4-6-9(7-5-8)11(14)12(15,16)13(11,17)18;1-13(2,3)12-8-6-11(7-9-12)10-4-5-10;1-5-6-11-7-9-12(10-8-11)13(2,3)4;1-12(2,3)9-6-4-8(5-7-9)10(13)11(14)15;1-12(2,3)10-6-4-9(5-7-10)11-8-13-11;1-5-10-6-8-11(9-7-10)12(2,3)4/h5-13H,1,14H2,2-4H3;5-8H,9-11H2,1-4H3;4-7H,1-3H3;6-10H,4-5H2,1-3H3;5,7-10H,1,6H2,2-4H3;4-7H,1-3H3;4-7,11H,8H2,1-3H3;5-9H,1H2,2-4H3. The van der Waals surface area contributed by atoms with Crippen LogP contribution in [0.3, 0.4) is 0 Å². The van der Waals surface area contributed by atoms with E-state index in [2.05, 4.69) is 297 Å². The lowest BCUT2D eigenvalue weighted by atomic mass is 9.80. The summed E-state index contributed by atoms with van der Waals surface area (Å²) < 4.78 is 118.